The molecule has 1 aliphatic rings. The van der Waals surface area contributed by atoms with Crippen molar-refractivity contribution in [2.24, 2.45) is 0 Å². The summed E-state index contributed by atoms with van der Waals surface area (Å²) in [6.45, 7) is 7.32. The third-order valence-corrected chi connectivity index (χ3v) is 5.54. The van der Waals surface area contributed by atoms with Crippen LogP contribution in [0.25, 0.3) is 0 Å². The van der Waals surface area contributed by atoms with Gasteiger partial charge in [-0.15, -0.1) is 0 Å². The first-order valence-electron chi connectivity index (χ1n) is 7.13. The van der Waals surface area contributed by atoms with Crippen LogP contribution in [0.4, 0.5) is 0 Å². The zero-order valence-electron chi connectivity index (χ0n) is 12.2. The summed E-state index contributed by atoms with van der Waals surface area (Å²) in [5.74, 6) is 1.05. The van der Waals surface area contributed by atoms with E-state index in [-0.39, 0.29) is 5.75 Å². The standard InChI is InChI=1S/C13H23N3O3S/c1-3-9-20(17,18)16-6-4-5-15(7-8-16)11-13-10-12(2)19-14-13/h10H,3-9,11H2,1-2H3. The Morgan fingerprint density at radius 1 is 1.30 bits per heavy atom. The van der Waals surface area contributed by atoms with Crippen LogP contribution >= 0.6 is 0 Å². The molecule has 1 aliphatic heterocycles. The van der Waals surface area contributed by atoms with Crippen LogP contribution in [0.5, 0.6) is 0 Å². The number of sulfonamides is 1. The predicted octanol–water partition coefficient (Wildman–Crippen LogP) is 1.23. The zero-order chi connectivity index (χ0) is 14.6. The zero-order valence-corrected chi connectivity index (χ0v) is 13.0. The lowest BCUT2D eigenvalue weighted by atomic mass is 10.3. The molecule has 6 nitrogen and oxygen atoms in total. The maximum absolute atomic E-state index is 12.1. The molecule has 1 saturated heterocycles. The van der Waals surface area contributed by atoms with Crippen LogP contribution in [0.15, 0.2) is 10.6 Å². The second kappa shape index (κ2) is 6.69. The molecule has 0 aromatic carbocycles. The molecule has 0 amide bonds. The summed E-state index contributed by atoms with van der Waals surface area (Å²) in [7, 11) is -3.08. The van der Waals surface area contributed by atoms with Gasteiger partial charge in [-0.2, -0.15) is 0 Å². The van der Waals surface area contributed by atoms with Crippen LogP contribution in [-0.2, 0) is 16.6 Å². The molecule has 0 saturated carbocycles. The van der Waals surface area contributed by atoms with Crippen LogP contribution in [0, 0.1) is 6.92 Å². The van der Waals surface area contributed by atoms with Crippen molar-refractivity contribution in [3.05, 3.63) is 17.5 Å². The summed E-state index contributed by atoms with van der Waals surface area (Å²) in [6.07, 6.45) is 1.53. The van der Waals surface area contributed by atoms with E-state index in [4.69, 9.17) is 4.52 Å². The second-order valence-electron chi connectivity index (χ2n) is 5.27. The normalized spacial score (nSPS) is 19.1. The Kier molecular flexibility index (Phi) is 5.17. The number of hydrogen-bond acceptors (Lipinski definition) is 5. The predicted molar refractivity (Wildman–Crippen MR) is 76.8 cm³/mol. The second-order valence-corrected chi connectivity index (χ2v) is 7.36. The molecule has 0 N–H and O–H groups in total. The molecular formula is C13H23N3O3S. The average molecular weight is 301 g/mol. The number of rotatable bonds is 5. The molecular weight excluding hydrogens is 278 g/mol. The minimum atomic E-state index is -3.08. The van der Waals surface area contributed by atoms with Crippen molar-refractivity contribution in [1.82, 2.24) is 14.4 Å². The van der Waals surface area contributed by atoms with Gasteiger partial charge < -0.3 is 4.52 Å². The molecule has 0 radical (unpaired) electrons. The highest BCUT2D eigenvalue weighted by Gasteiger charge is 2.24. The Bertz CT molecular complexity index is 527. The average Bonchev–Trinajstić information content (AvgIpc) is 2.63. The van der Waals surface area contributed by atoms with Gasteiger partial charge in [0.2, 0.25) is 10.0 Å². The van der Waals surface area contributed by atoms with Gasteiger partial charge >= 0.3 is 0 Å². The topological polar surface area (TPSA) is 66.7 Å². The van der Waals surface area contributed by atoms with Gasteiger partial charge in [0.05, 0.1) is 11.4 Å². The minimum Gasteiger partial charge on any atom is -0.361 e. The fourth-order valence-corrected chi connectivity index (χ4v) is 4.03. The Morgan fingerprint density at radius 2 is 2.10 bits per heavy atom. The smallest absolute Gasteiger partial charge is 0.214 e. The van der Waals surface area contributed by atoms with E-state index in [0.717, 1.165) is 37.5 Å². The Labute approximate surface area is 120 Å². The SMILES string of the molecule is CCCS(=O)(=O)N1CCCN(Cc2cc(C)on2)CC1. The van der Waals surface area contributed by atoms with E-state index in [0.29, 0.717) is 19.5 Å². The largest absolute Gasteiger partial charge is 0.361 e. The van der Waals surface area contributed by atoms with Gasteiger partial charge in [0.15, 0.2) is 0 Å². The van der Waals surface area contributed by atoms with Gasteiger partial charge in [0.1, 0.15) is 5.76 Å². The van der Waals surface area contributed by atoms with Crippen molar-refractivity contribution in [3.8, 4) is 0 Å². The molecule has 2 heterocycles. The first kappa shape index (κ1) is 15.5. The number of aromatic nitrogens is 1. The Balaban J connectivity index is 1.92. The summed E-state index contributed by atoms with van der Waals surface area (Å²) in [5, 5.41) is 3.99. The number of aryl methyl sites for hydroxylation is 1. The lowest BCUT2D eigenvalue weighted by molar-refractivity contribution is 0.268. The van der Waals surface area contributed by atoms with Gasteiger partial charge in [0.25, 0.3) is 0 Å². The number of nitrogens with zero attached hydrogens (tertiary/aromatic N) is 3. The molecule has 0 aliphatic carbocycles. The van der Waals surface area contributed by atoms with Crippen LogP contribution in [0.1, 0.15) is 31.2 Å². The molecule has 1 aromatic rings. The summed E-state index contributed by atoms with van der Waals surface area (Å²) in [4.78, 5) is 2.23. The van der Waals surface area contributed by atoms with Crippen LogP contribution in [0.2, 0.25) is 0 Å². The van der Waals surface area contributed by atoms with Gasteiger partial charge in [-0.25, -0.2) is 12.7 Å². The molecule has 0 bridgehead atoms. The summed E-state index contributed by atoms with van der Waals surface area (Å²) < 4.78 is 30.9. The van der Waals surface area contributed by atoms with E-state index in [1.165, 1.54) is 0 Å². The van der Waals surface area contributed by atoms with E-state index >= 15 is 0 Å². The van der Waals surface area contributed by atoms with Crippen molar-refractivity contribution < 1.29 is 12.9 Å². The highest BCUT2D eigenvalue weighted by Crippen LogP contribution is 2.12. The van der Waals surface area contributed by atoms with Gasteiger partial charge in [-0.3, -0.25) is 4.90 Å². The van der Waals surface area contributed by atoms with Crippen molar-refractivity contribution in [1.29, 1.82) is 0 Å². The van der Waals surface area contributed by atoms with Crippen LogP contribution in [-0.4, -0.2) is 54.7 Å². The van der Waals surface area contributed by atoms with E-state index in [1.807, 2.05) is 19.9 Å². The molecule has 0 spiro atoms. The van der Waals surface area contributed by atoms with E-state index in [2.05, 4.69) is 10.1 Å². The third kappa shape index (κ3) is 4.04. The fourth-order valence-electron chi connectivity index (χ4n) is 2.49. The van der Waals surface area contributed by atoms with E-state index in [1.54, 1.807) is 4.31 Å². The molecule has 0 unspecified atom stereocenters. The summed E-state index contributed by atoms with van der Waals surface area (Å²) in [6, 6.07) is 1.93. The molecule has 7 heteroatoms. The molecule has 1 aromatic heterocycles. The highest BCUT2D eigenvalue weighted by atomic mass is 32.2. The molecule has 1 fully saturated rings. The van der Waals surface area contributed by atoms with Crippen molar-refractivity contribution in [2.45, 2.75) is 33.2 Å². The maximum atomic E-state index is 12.1. The van der Waals surface area contributed by atoms with Crippen molar-refractivity contribution in [3.63, 3.8) is 0 Å². The molecule has 114 valence electrons. The summed E-state index contributed by atoms with van der Waals surface area (Å²) in [5.41, 5.74) is 0.910. The van der Waals surface area contributed by atoms with Crippen molar-refractivity contribution in [2.75, 3.05) is 31.9 Å². The molecule has 0 atom stereocenters. The quantitative estimate of drug-likeness (QED) is 0.818. The highest BCUT2D eigenvalue weighted by molar-refractivity contribution is 7.89. The van der Waals surface area contributed by atoms with Crippen molar-refractivity contribution >= 4 is 10.0 Å². The van der Waals surface area contributed by atoms with Gasteiger partial charge in [-0.1, -0.05) is 12.1 Å². The monoisotopic (exact) mass is 301 g/mol. The lowest BCUT2D eigenvalue weighted by Gasteiger charge is -2.20. The third-order valence-electron chi connectivity index (χ3n) is 3.47. The summed E-state index contributed by atoms with van der Waals surface area (Å²) >= 11 is 0. The minimum absolute atomic E-state index is 0.246. The lowest BCUT2D eigenvalue weighted by Crippen LogP contribution is -2.36. The number of hydrogen-bond donors (Lipinski definition) is 0. The first-order chi connectivity index (χ1) is 9.51. The van der Waals surface area contributed by atoms with Gasteiger partial charge in [0, 0.05) is 32.2 Å². The Hall–Kier alpha value is -0.920. The molecule has 2 rings (SSSR count). The molecule has 20 heavy (non-hydrogen) atoms. The van der Waals surface area contributed by atoms with Crippen LogP contribution in [0.3, 0.4) is 0 Å². The van der Waals surface area contributed by atoms with E-state index in [9.17, 15) is 8.42 Å². The fraction of sp³-hybridized carbons (Fsp3) is 0.769. The Morgan fingerprint density at radius 3 is 2.75 bits per heavy atom. The van der Waals surface area contributed by atoms with Crippen LogP contribution < -0.4 is 0 Å². The van der Waals surface area contributed by atoms with Gasteiger partial charge in [-0.05, 0) is 26.3 Å². The maximum Gasteiger partial charge on any atom is 0.214 e. The van der Waals surface area contributed by atoms with E-state index < -0.39 is 10.0 Å². The first-order valence-corrected chi connectivity index (χ1v) is 8.74.